The summed E-state index contributed by atoms with van der Waals surface area (Å²) in [6, 6.07) is 0.551. The highest BCUT2D eigenvalue weighted by Gasteiger charge is 2.21. The van der Waals surface area contributed by atoms with Crippen LogP contribution in [-0.4, -0.2) is 18.5 Å². The predicted molar refractivity (Wildman–Crippen MR) is 46.6 cm³/mol. The molecule has 2 atom stereocenters. The van der Waals surface area contributed by atoms with Crippen LogP contribution in [-0.2, 0) is 4.79 Å². The maximum Gasteiger partial charge on any atom is 0.221 e. The molecule has 0 bridgehead atoms. The Morgan fingerprint density at radius 3 is 2.55 bits per heavy atom. The standard InChI is InChI=1S/C7H14N2O.ClH/c1-5-2-3-6(4-9-5)7(8)10;/h5-6,9H,2-4H2,1H3,(H2,8,10);1H. The first-order valence-corrected chi connectivity index (χ1v) is 3.73. The van der Waals surface area contributed by atoms with Gasteiger partial charge in [0.1, 0.15) is 0 Å². The molecule has 0 aromatic carbocycles. The Kier molecular flexibility index (Phi) is 4.45. The first-order valence-electron chi connectivity index (χ1n) is 3.73. The van der Waals surface area contributed by atoms with Crippen LogP contribution in [0.3, 0.4) is 0 Å². The summed E-state index contributed by atoms with van der Waals surface area (Å²) < 4.78 is 0. The zero-order valence-corrected chi connectivity index (χ0v) is 7.49. The van der Waals surface area contributed by atoms with Crippen molar-refractivity contribution in [1.82, 2.24) is 5.32 Å². The van der Waals surface area contributed by atoms with Gasteiger partial charge in [-0.2, -0.15) is 0 Å². The van der Waals surface area contributed by atoms with E-state index in [2.05, 4.69) is 12.2 Å². The Labute approximate surface area is 73.1 Å². The van der Waals surface area contributed by atoms with E-state index in [0.717, 1.165) is 19.4 Å². The molecule has 0 aromatic rings. The van der Waals surface area contributed by atoms with Gasteiger partial charge in [-0.3, -0.25) is 4.79 Å². The molecule has 66 valence electrons. The van der Waals surface area contributed by atoms with Gasteiger partial charge in [0.05, 0.1) is 5.92 Å². The molecule has 1 aliphatic rings. The van der Waals surface area contributed by atoms with E-state index in [-0.39, 0.29) is 24.2 Å². The van der Waals surface area contributed by atoms with Gasteiger partial charge in [-0.1, -0.05) is 0 Å². The Hall–Kier alpha value is -0.280. The lowest BCUT2D eigenvalue weighted by molar-refractivity contribution is -0.122. The van der Waals surface area contributed by atoms with E-state index in [0.29, 0.717) is 6.04 Å². The van der Waals surface area contributed by atoms with Gasteiger partial charge in [0, 0.05) is 12.6 Å². The number of nitrogens with two attached hydrogens (primary N) is 1. The van der Waals surface area contributed by atoms with Crippen LogP contribution in [0.25, 0.3) is 0 Å². The van der Waals surface area contributed by atoms with Gasteiger partial charge in [-0.15, -0.1) is 12.4 Å². The van der Waals surface area contributed by atoms with Crippen molar-refractivity contribution in [3.05, 3.63) is 0 Å². The van der Waals surface area contributed by atoms with E-state index in [1.807, 2.05) is 0 Å². The molecule has 1 rings (SSSR count). The van der Waals surface area contributed by atoms with Crippen LogP contribution in [0.5, 0.6) is 0 Å². The van der Waals surface area contributed by atoms with Crippen LogP contribution in [0.4, 0.5) is 0 Å². The molecule has 2 unspecified atom stereocenters. The van der Waals surface area contributed by atoms with Crippen LogP contribution in [0, 0.1) is 5.92 Å². The zero-order valence-electron chi connectivity index (χ0n) is 6.67. The van der Waals surface area contributed by atoms with Crippen LogP contribution in [0.1, 0.15) is 19.8 Å². The minimum Gasteiger partial charge on any atom is -0.369 e. The first-order chi connectivity index (χ1) is 4.70. The summed E-state index contributed by atoms with van der Waals surface area (Å²) in [5.41, 5.74) is 5.13. The van der Waals surface area contributed by atoms with Crippen molar-refractivity contribution in [2.75, 3.05) is 6.54 Å². The second-order valence-electron chi connectivity index (χ2n) is 2.99. The summed E-state index contributed by atoms with van der Waals surface area (Å²) >= 11 is 0. The molecule has 3 N–H and O–H groups in total. The van der Waals surface area contributed by atoms with Gasteiger partial charge < -0.3 is 11.1 Å². The van der Waals surface area contributed by atoms with Gasteiger partial charge in [0.15, 0.2) is 0 Å². The van der Waals surface area contributed by atoms with Gasteiger partial charge in [0.25, 0.3) is 0 Å². The summed E-state index contributed by atoms with van der Waals surface area (Å²) in [5.74, 6) is -0.101. The van der Waals surface area contributed by atoms with Crippen LogP contribution in [0.2, 0.25) is 0 Å². The number of nitrogens with one attached hydrogen (secondary N) is 1. The van der Waals surface area contributed by atoms with Gasteiger partial charge in [-0.05, 0) is 19.8 Å². The van der Waals surface area contributed by atoms with E-state index in [1.165, 1.54) is 0 Å². The molecular formula is C7H15ClN2O. The molecule has 0 saturated carbocycles. The number of halogens is 1. The average molecular weight is 179 g/mol. The molecule has 1 amide bonds. The smallest absolute Gasteiger partial charge is 0.221 e. The number of hydrogen-bond acceptors (Lipinski definition) is 2. The van der Waals surface area contributed by atoms with Crippen molar-refractivity contribution in [1.29, 1.82) is 0 Å². The topological polar surface area (TPSA) is 55.1 Å². The lowest BCUT2D eigenvalue weighted by Crippen LogP contribution is -2.42. The minimum atomic E-state index is -0.167. The Balaban J connectivity index is 0.000001000. The largest absolute Gasteiger partial charge is 0.369 e. The third-order valence-electron chi connectivity index (χ3n) is 2.06. The van der Waals surface area contributed by atoms with E-state index in [9.17, 15) is 4.79 Å². The molecule has 11 heavy (non-hydrogen) atoms. The molecule has 1 heterocycles. The summed E-state index contributed by atoms with van der Waals surface area (Å²) in [6.07, 6.45) is 2.01. The fourth-order valence-electron chi connectivity index (χ4n) is 1.24. The second kappa shape index (κ2) is 4.57. The van der Waals surface area contributed by atoms with Crippen molar-refractivity contribution in [3.8, 4) is 0 Å². The maximum atomic E-state index is 10.6. The molecule has 1 aliphatic heterocycles. The average Bonchev–Trinajstić information content (AvgIpc) is 1.88. The summed E-state index contributed by atoms with van der Waals surface area (Å²) in [5, 5.41) is 3.21. The number of rotatable bonds is 1. The number of carbonyl (C=O) groups excluding carboxylic acids is 1. The van der Waals surface area contributed by atoms with Gasteiger partial charge in [0.2, 0.25) is 5.91 Å². The normalized spacial score (nSPS) is 30.6. The molecule has 0 radical (unpaired) electrons. The van der Waals surface area contributed by atoms with E-state index >= 15 is 0 Å². The molecule has 3 nitrogen and oxygen atoms in total. The van der Waals surface area contributed by atoms with Crippen LogP contribution in [0.15, 0.2) is 0 Å². The third kappa shape index (κ3) is 3.08. The SMILES string of the molecule is CC1CCC(C(N)=O)CN1.Cl. The van der Waals surface area contributed by atoms with Crippen molar-refractivity contribution < 1.29 is 4.79 Å². The summed E-state index contributed by atoms with van der Waals surface area (Å²) in [4.78, 5) is 10.6. The predicted octanol–water partition coefficient (Wildman–Crippen LogP) is 0.282. The first kappa shape index (κ1) is 10.7. The van der Waals surface area contributed by atoms with Crippen LogP contribution < -0.4 is 11.1 Å². The molecule has 1 fully saturated rings. The van der Waals surface area contributed by atoms with Crippen molar-refractivity contribution in [2.24, 2.45) is 11.7 Å². The maximum absolute atomic E-state index is 10.6. The second-order valence-corrected chi connectivity index (χ2v) is 2.99. The summed E-state index contributed by atoms with van der Waals surface area (Å²) in [7, 11) is 0. The van der Waals surface area contributed by atoms with E-state index in [1.54, 1.807) is 0 Å². The lowest BCUT2D eigenvalue weighted by Gasteiger charge is -2.25. The van der Waals surface area contributed by atoms with Crippen molar-refractivity contribution in [2.45, 2.75) is 25.8 Å². The lowest BCUT2D eigenvalue weighted by atomic mass is 9.95. The molecule has 0 spiro atoms. The highest BCUT2D eigenvalue weighted by Crippen LogP contribution is 2.12. The Morgan fingerprint density at radius 2 is 2.18 bits per heavy atom. The summed E-state index contributed by atoms with van der Waals surface area (Å²) in [6.45, 7) is 2.88. The monoisotopic (exact) mass is 178 g/mol. The highest BCUT2D eigenvalue weighted by atomic mass is 35.5. The molecular weight excluding hydrogens is 164 g/mol. The molecule has 0 aliphatic carbocycles. The Morgan fingerprint density at radius 1 is 1.55 bits per heavy atom. The zero-order chi connectivity index (χ0) is 7.56. The number of piperidine rings is 1. The quantitative estimate of drug-likeness (QED) is 0.606. The highest BCUT2D eigenvalue weighted by molar-refractivity contribution is 5.85. The molecule has 4 heteroatoms. The van der Waals surface area contributed by atoms with Gasteiger partial charge in [-0.25, -0.2) is 0 Å². The fourth-order valence-corrected chi connectivity index (χ4v) is 1.24. The molecule has 1 saturated heterocycles. The van der Waals surface area contributed by atoms with E-state index < -0.39 is 0 Å². The Bertz CT molecular complexity index is 132. The van der Waals surface area contributed by atoms with Crippen LogP contribution >= 0.6 is 12.4 Å². The molecule has 0 aromatic heterocycles. The number of amides is 1. The minimum absolute atomic E-state index is 0. The van der Waals surface area contributed by atoms with Gasteiger partial charge >= 0.3 is 0 Å². The van der Waals surface area contributed by atoms with E-state index in [4.69, 9.17) is 5.73 Å². The number of primary amides is 1. The fraction of sp³-hybridized carbons (Fsp3) is 0.857. The van der Waals surface area contributed by atoms with Crippen molar-refractivity contribution in [3.63, 3.8) is 0 Å². The third-order valence-corrected chi connectivity index (χ3v) is 2.06. The number of carbonyl (C=O) groups is 1. The van der Waals surface area contributed by atoms with Crippen molar-refractivity contribution >= 4 is 18.3 Å². The number of hydrogen-bond donors (Lipinski definition) is 2.